The molecule has 0 saturated carbocycles. The van der Waals surface area contributed by atoms with E-state index in [1.165, 1.54) is 11.1 Å². The Labute approximate surface area is 164 Å². The van der Waals surface area contributed by atoms with Crippen LogP contribution in [0.1, 0.15) is 45.6 Å². The third kappa shape index (κ3) is 3.11. The summed E-state index contributed by atoms with van der Waals surface area (Å²) in [7, 11) is 1.68. The Kier molecular flexibility index (Phi) is 4.75. The molecular weight excluding hydrogens is 356 g/mol. The maximum Gasteiger partial charge on any atom is 0.261 e. The van der Waals surface area contributed by atoms with Gasteiger partial charge >= 0.3 is 0 Å². The molecule has 1 fully saturated rings. The zero-order chi connectivity index (χ0) is 19.9. The summed E-state index contributed by atoms with van der Waals surface area (Å²) in [5.41, 5.74) is 3.53. The van der Waals surface area contributed by atoms with Crippen LogP contribution in [0, 0.1) is 13.8 Å². The van der Waals surface area contributed by atoms with Gasteiger partial charge in [0.2, 0.25) is 0 Å². The zero-order valence-corrected chi connectivity index (χ0v) is 16.6. The van der Waals surface area contributed by atoms with Crippen LogP contribution in [-0.2, 0) is 16.8 Å². The van der Waals surface area contributed by atoms with Gasteiger partial charge in [0.1, 0.15) is 11.3 Å². The average molecular weight is 382 g/mol. The molecule has 6 heteroatoms. The molecule has 28 heavy (non-hydrogen) atoms. The van der Waals surface area contributed by atoms with Gasteiger partial charge in [-0.05, 0) is 68.0 Å². The van der Waals surface area contributed by atoms with Crippen LogP contribution in [0.4, 0.5) is 0 Å². The number of ether oxygens (including phenoxy) is 2. The Hall–Kier alpha value is -2.60. The molecule has 0 bridgehead atoms. The predicted octanol–water partition coefficient (Wildman–Crippen LogP) is 2.70. The molecule has 1 amide bonds. The largest absolute Gasteiger partial charge is 0.497 e. The van der Waals surface area contributed by atoms with Gasteiger partial charge in [-0.1, -0.05) is 6.07 Å². The number of methoxy groups -OCH3 is 1. The highest BCUT2D eigenvalue weighted by molar-refractivity contribution is 5.95. The molecule has 1 aromatic carbocycles. The maximum atomic E-state index is 13.0. The zero-order valence-electron chi connectivity index (χ0n) is 16.6. The van der Waals surface area contributed by atoms with Gasteiger partial charge in [0, 0.05) is 18.8 Å². The number of hydrogen-bond donors (Lipinski definition) is 1. The molecule has 2 aromatic rings. The lowest BCUT2D eigenvalue weighted by Gasteiger charge is -2.45. The van der Waals surface area contributed by atoms with Crippen molar-refractivity contribution in [1.82, 2.24) is 9.88 Å². The standard InChI is InChI=1S/C22H26N2O4/c1-14-12-15(2)23-20(25)19(14)21(26)24-9-7-22(8-10-24)18-5-4-17(27-3)13-16(18)6-11-28-22/h4-5,12-13H,6-11H2,1-3H3,(H,23,25). The van der Waals surface area contributed by atoms with E-state index in [0.29, 0.717) is 19.7 Å². The van der Waals surface area contributed by atoms with Crippen LogP contribution in [0.3, 0.4) is 0 Å². The lowest BCUT2D eigenvalue weighted by molar-refractivity contribution is -0.0935. The number of nitrogens with one attached hydrogen (secondary N) is 1. The van der Waals surface area contributed by atoms with Crippen molar-refractivity contribution in [2.45, 2.75) is 38.7 Å². The number of hydrogen-bond acceptors (Lipinski definition) is 4. The van der Waals surface area contributed by atoms with Crippen molar-refractivity contribution in [2.24, 2.45) is 0 Å². The Morgan fingerprint density at radius 1 is 1.21 bits per heavy atom. The number of H-pyrrole nitrogens is 1. The van der Waals surface area contributed by atoms with Crippen molar-refractivity contribution >= 4 is 5.91 Å². The fraction of sp³-hybridized carbons (Fsp3) is 0.455. The number of aromatic amines is 1. The Bertz CT molecular complexity index is 971. The lowest BCUT2D eigenvalue weighted by Crippen LogP contribution is -2.49. The van der Waals surface area contributed by atoms with Crippen LogP contribution in [0.25, 0.3) is 0 Å². The minimum atomic E-state index is -0.356. The number of amides is 1. The third-order valence-electron chi connectivity index (χ3n) is 5.99. The van der Waals surface area contributed by atoms with E-state index in [2.05, 4.69) is 17.1 Å². The summed E-state index contributed by atoms with van der Waals surface area (Å²) >= 11 is 0. The molecule has 6 nitrogen and oxygen atoms in total. The fourth-order valence-corrected chi connectivity index (χ4v) is 4.54. The minimum Gasteiger partial charge on any atom is -0.497 e. The van der Waals surface area contributed by atoms with E-state index in [9.17, 15) is 9.59 Å². The van der Waals surface area contributed by atoms with Crippen LogP contribution in [0.2, 0.25) is 0 Å². The van der Waals surface area contributed by atoms with E-state index < -0.39 is 0 Å². The first-order chi connectivity index (χ1) is 13.4. The molecule has 3 heterocycles. The number of carbonyl (C=O) groups is 1. The molecule has 1 spiro atoms. The number of fused-ring (bicyclic) bond motifs is 2. The molecule has 0 unspecified atom stereocenters. The smallest absolute Gasteiger partial charge is 0.261 e. The quantitative estimate of drug-likeness (QED) is 0.867. The molecule has 1 N–H and O–H groups in total. The molecule has 0 atom stereocenters. The Balaban J connectivity index is 1.56. The second kappa shape index (κ2) is 7.09. The van der Waals surface area contributed by atoms with Gasteiger partial charge in [-0.15, -0.1) is 0 Å². The molecule has 2 aliphatic heterocycles. The number of aromatic nitrogens is 1. The van der Waals surface area contributed by atoms with Gasteiger partial charge < -0.3 is 19.4 Å². The predicted molar refractivity (Wildman–Crippen MR) is 106 cm³/mol. The Morgan fingerprint density at radius 2 is 1.96 bits per heavy atom. The normalized spacial score (nSPS) is 18.0. The molecule has 0 aliphatic carbocycles. The summed E-state index contributed by atoms with van der Waals surface area (Å²) in [6.45, 7) is 5.44. The molecule has 0 radical (unpaired) electrons. The van der Waals surface area contributed by atoms with Gasteiger partial charge in [0.15, 0.2) is 0 Å². The van der Waals surface area contributed by atoms with Crippen molar-refractivity contribution in [3.8, 4) is 5.75 Å². The summed E-state index contributed by atoms with van der Waals surface area (Å²) in [5.74, 6) is 0.664. The van der Waals surface area contributed by atoms with Crippen molar-refractivity contribution in [3.05, 3.63) is 62.6 Å². The second-order valence-electron chi connectivity index (χ2n) is 7.75. The maximum absolute atomic E-state index is 13.0. The van der Waals surface area contributed by atoms with E-state index in [4.69, 9.17) is 9.47 Å². The molecule has 4 rings (SSSR count). The van der Waals surface area contributed by atoms with E-state index in [0.717, 1.165) is 36.3 Å². The highest BCUT2D eigenvalue weighted by Crippen LogP contribution is 2.42. The highest BCUT2D eigenvalue weighted by atomic mass is 16.5. The monoisotopic (exact) mass is 382 g/mol. The molecule has 148 valence electrons. The molecule has 2 aliphatic rings. The second-order valence-corrected chi connectivity index (χ2v) is 7.75. The first kappa shape index (κ1) is 18.7. The summed E-state index contributed by atoms with van der Waals surface area (Å²) in [6, 6.07) is 8.00. The molecule has 1 aromatic heterocycles. The van der Waals surface area contributed by atoms with Crippen LogP contribution in [0.15, 0.2) is 29.1 Å². The van der Waals surface area contributed by atoms with Crippen molar-refractivity contribution in [3.63, 3.8) is 0 Å². The number of likely N-dealkylation sites (tertiary alicyclic amines) is 1. The first-order valence-electron chi connectivity index (χ1n) is 9.75. The molecule has 1 saturated heterocycles. The number of carbonyl (C=O) groups excluding carboxylic acids is 1. The summed E-state index contributed by atoms with van der Waals surface area (Å²) in [5, 5.41) is 0. The van der Waals surface area contributed by atoms with Crippen molar-refractivity contribution in [2.75, 3.05) is 26.8 Å². The summed E-state index contributed by atoms with van der Waals surface area (Å²) in [6.07, 6.45) is 2.32. The molecular formula is C22H26N2O4. The SMILES string of the molecule is COc1ccc2c(c1)CCOC21CCN(C(=O)c2c(C)cc(C)[nH]c2=O)CC1. The van der Waals surface area contributed by atoms with E-state index in [1.54, 1.807) is 12.0 Å². The van der Waals surface area contributed by atoms with E-state index >= 15 is 0 Å². The van der Waals surface area contributed by atoms with Gasteiger partial charge in [-0.3, -0.25) is 9.59 Å². The van der Waals surface area contributed by atoms with Gasteiger partial charge in [0.25, 0.3) is 11.5 Å². The third-order valence-corrected chi connectivity index (χ3v) is 5.99. The highest BCUT2D eigenvalue weighted by Gasteiger charge is 2.42. The van der Waals surface area contributed by atoms with Crippen LogP contribution >= 0.6 is 0 Å². The van der Waals surface area contributed by atoms with E-state index in [1.807, 2.05) is 26.0 Å². The van der Waals surface area contributed by atoms with Crippen molar-refractivity contribution in [1.29, 1.82) is 0 Å². The fourth-order valence-electron chi connectivity index (χ4n) is 4.54. The van der Waals surface area contributed by atoms with Crippen molar-refractivity contribution < 1.29 is 14.3 Å². The van der Waals surface area contributed by atoms with Gasteiger partial charge in [-0.2, -0.15) is 0 Å². The van der Waals surface area contributed by atoms with E-state index in [-0.39, 0.29) is 22.6 Å². The van der Waals surface area contributed by atoms with Crippen LogP contribution in [0.5, 0.6) is 5.75 Å². The Morgan fingerprint density at radius 3 is 2.64 bits per heavy atom. The number of piperidine rings is 1. The minimum absolute atomic E-state index is 0.195. The lowest BCUT2D eigenvalue weighted by atomic mass is 9.79. The first-order valence-corrected chi connectivity index (χ1v) is 9.75. The average Bonchev–Trinajstić information content (AvgIpc) is 2.67. The van der Waals surface area contributed by atoms with Gasteiger partial charge in [-0.25, -0.2) is 0 Å². The van der Waals surface area contributed by atoms with Crippen LogP contribution < -0.4 is 10.3 Å². The van der Waals surface area contributed by atoms with Crippen LogP contribution in [-0.4, -0.2) is 42.6 Å². The number of benzene rings is 1. The summed E-state index contributed by atoms with van der Waals surface area (Å²) in [4.78, 5) is 29.8. The number of rotatable bonds is 2. The summed E-state index contributed by atoms with van der Waals surface area (Å²) < 4.78 is 11.6. The topological polar surface area (TPSA) is 71.6 Å². The number of pyridine rings is 1. The van der Waals surface area contributed by atoms with Gasteiger partial charge in [0.05, 0.1) is 19.3 Å². The number of nitrogens with zero attached hydrogens (tertiary/aromatic N) is 1. The number of aryl methyl sites for hydroxylation is 2.